The predicted octanol–water partition coefficient (Wildman–Crippen LogP) is 0.321. The first kappa shape index (κ1) is 10.8. The zero-order valence-corrected chi connectivity index (χ0v) is 8.86. The highest BCUT2D eigenvalue weighted by Gasteiger charge is 2.12. The number of methoxy groups -OCH3 is 1. The summed E-state index contributed by atoms with van der Waals surface area (Å²) in [7, 11) is 1.25. The molecule has 0 N–H and O–H groups in total. The third kappa shape index (κ3) is 2.10. The fourth-order valence-corrected chi connectivity index (χ4v) is 1.17. The zero-order chi connectivity index (χ0) is 12.3. The minimum Gasteiger partial charge on any atom is -0.463 e. The molecule has 0 unspecified atom stereocenters. The molecule has 0 aromatic carbocycles. The zero-order valence-electron chi connectivity index (χ0n) is 8.86. The second-order valence-corrected chi connectivity index (χ2v) is 3.02. The van der Waals surface area contributed by atoms with Gasteiger partial charge in [-0.1, -0.05) is 0 Å². The fraction of sp³-hybridized carbons (Fsp3) is 0.100. The SMILES string of the molecule is COC(=O)c1ncn(-c2cc(C#N)ccn2)n1. The van der Waals surface area contributed by atoms with Gasteiger partial charge in [0.2, 0.25) is 0 Å². The molecule has 2 aromatic rings. The lowest BCUT2D eigenvalue weighted by Crippen LogP contribution is -2.05. The highest BCUT2D eigenvalue weighted by molar-refractivity contribution is 5.84. The molecule has 0 saturated carbocycles. The second-order valence-electron chi connectivity index (χ2n) is 3.02. The molecular formula is C10H7N5O2. The molecule has 7 heteroatoms. The first-order chi connectivity index (χ1) is 8.24. The van der Waals surface area contributed by atoms with Crippen LogP contribution in [-0.4, -0.2) is 32.8 Å². The Hall–Kier alpha value is -2.75. The molecule has 2 aromatic heterocycles. The van der Waals surface area contributed by atoms with Gasteiger partial charge < -0.3 is 4.74 Å². The number of nitriles is 1. The van der Waals surface area contributed by atoms with Gasteiger partial charge in [-0.15, -0.1) is 5.10 Å². The number of pyridine rings is 1. The van der Waals surface area contributed by atoms with Gasteiger partial charge in [0.15, 0.2) is 5.82 Å². The van der Waals surface area contributed by atoms with Gasteiger partial charge in [-0.25, -0.2) is 19.4 Å². The Morgan fingerprint density at radius 1 is 1.53 bits per heavy atom. The summed E-state index contributed by atoms with van der Waals surface area (Å²) in [5.74, 6) is -0.274. The summed E-state index contributed by atoms with van der Waals surface area (Å²) in [6.07, 6.45) is 2.81. The highest BCUT2D eigenvalue weighted by atomic mass is 16.5. The van der Waals surface area contributed by atoms with E-state index in [-0.39, 0.29) is 5.82 Å². The lowest BCUT2D eigenvalue weighted by Gasteiger charge is -1.98. The van der Waals surface area contributed by atoms with E-state index in [2.05, 4.69) is 19.8 Å². The Balaban J connectivity index is 2.37. The van der Waals surface area contributed by atoms with Crippen molar-refractivity contribution in [3.63, 3.8) is 0 Å². The van der Waals surface area contributed by atoms with Crippen LogP contribution in [0.2, 0.25) is 0 Å². The van der Waals surface area contributed by atoms with Crippen LogP contribution in [0.25, 0.3) is 5.82 Å². The van der Waals surface area contributed by atoms with E-state index in [0.29, 0.717) is 11.4 Å². The Bertz CT molecular complexity index is 599. The van der Waals surface area contributed by atoms with E-state index >= 15 is 0 Å². The van der Waals surface area contributed by atoms with Gasteiger partial charge in [0.25, 0.3) is 5.82 Å². The summed E-state index contributed by atoms with van der Waals surface area (Å²) in [6, 6.07) is 5.09. The topological polar surface area (TPSA) is 93.7 Å². The van der Waals surface area contributed by atoms with Crippen molar-refractivity contribution in [1.29, 1.82) is 5.26 Å². The molecule has 0 spiro atoms. The predicted molar refractivity (Wildman–Crippen MR) is 55.2 cm³/mol. The van der Waals surface area contributed by atoms with Crippen molar-refractivity contribution in [2.75, 3.05) is 7.11 Å². The molecule has 0 radical (unpaired) electrons. The highest BCUT2D eigenvalue weighted by Crippen LogP contribution is 2.05. The van der Waals surface area contributed by atoms with Crippen LogP contribution in [0.3, 0.4) is 0 Å². The number of carbonyl (C=O) groups is 1. The normalized spacial score (nSPS) is 9.65. The molecule has 0 aliphatic carbocycles. The number of hydrogen-bond acceptors (Lipinski definition) is 6. The Labute approximate surface area is 96.3 Å². The molecule has 0 fully saturated rings. The van der Waals surface area contributed by atoms with Gasteiger partial charge in [0.1, 0.15) is 6.33 Å². The molecule has 0 aliphatic heterocycles. The first-order valence-electron chi connectivity index (χ1n) is 4.61. The van der Waals surface area contributed by atoms with Crippen molar-refractivity contribution < 1.29 is 9.53 Å². The molecular weight excluding hydrogens is 222 g/mol. The average molecular weight is 229 g/mol. The lowest BCUT2D eigenvalue weighted by molar-refractivity contribution is 0.0587. The van der Waals surface area contributed by atoms with Crippen molar-refractivity contribution in [3.8, 4) is 11.9 Å². The van der Waals surface area contributed by atoms with Crippen molar-refractivity contribution >= 4 is 5.97 Å². The van der Waals surface area contributed by atoms with Crippen molar-refractivity contribution in [3.05, 3.63) is 36.0 Å². The van der Waals surface area contributed by atoms with Crippen molar-refractivity contribution in [2.45, 2.75) is 0 Å². The van der Waals surface area contributed by atoms with Crippen LogP contribution in [-0.2, 0) is 4.74 Å². The maximum absolute atomic E-state index is 11.1. The molecule has 0 amide bonds. The third-order valence-electron chi connectivity index (χ3n) is 1.97. The van der Waals surface area contributed by atoms with Gasteiger partial charge in [0.05, 0.1) is 18.7 Å². The Morgan fingerprint density at radius 2 is 2.35 bits per heavy atom. The summed E-state index contributed by atoms with van der Waals surface area (Å²) in [6.45, 7) is 0. The van der Waals surface area contributed by atoms with E-state index in [1.54, 1.807) is 6.07 Å². The van der Waals surface area contributed by atoms with E-state index in [0.717, 1.165) is 0 Å². The Kier molecular flexibility index (Phi) is 2.79. The fourth-order valence-electron chi connectivity index (χ4n) is 1.17. The van der Waals surface area contributed by atoms with Crippen LogP contribution < -0.4 is 0 Å². The molecule has 0 bridgehead atoms. The summed E-state index contributed by atoms with van der Waals surface area (Å²) >= 11 is 0. The van der Waals surface area contributed by atoms with Crippen molar-refractivity contribution in [2.24, 2.45) is 0 Å². The van der Waals surface area contributed by atoms with Gasteiger partial charge in [0, 0.05) is 12.3 Å². The number of rotatable bonds is 2. The number of hydrogen-bond donors (Lipinski definition) is 0. The van der Waals surface area contributed by atoms with Crippen LogP contribution >= 0.6 is 0 Å². The molecule has 2 rings (SSSR count). The maximum atomic E-state index is 11.1. The van der Waals surface area contributed by atoms with Crippen LogP contribution in [0.5, 0.6) is 0 Å². The van der Waals surface area contributed by atoms with Gasteiger partial charge in [-0.3, -0.25) is 0 Å². The van der Waals surface area contributed by atoms with Gasteiger partial charge in [-0.05, 0) is 6.07 Å². The maximum Gasteiger partial charge on any atom is 0.377 e. The van der Waals surface area contributed by atoms with E-state index < -0.39 is 5.97 Å². The van der Waals surface area contributed by atoms with E-state index in [1.165, 1.54) is 30.4 Å². The lowest BCUT2D eigenvalue weighted by atomic mass is 10.3. The molecule has 2 heterocycles. The van der Waals surface area contributed by atoms with Crippen LogP contribution in [0.4, 0.5) is 0 Å². The van der Waals surface area contributed by atoms with Crippen molar-refractivity contribution in [1.82, 2.24) is 19.7 Å². The standard InChI is InChI=1S/C10H7N5O2/c1-17-10(16)9-13-6-15(14-9)8-4-7(5-11)2-3-12-8/h2-4,6H,1H3. The monoisotopic (exact) mass is 229 g/mol. The molecule has 7 nitrogen and oxygen atoms in total. The number of aromatic nitrogens is 4. The summed E-state index contributed by atoms with van der Waals surface area (Å²) < 4.78 is 5.78. The smallest absolute Gasteiger partial charge is 0.377 e. The molecule has 0 saturated heterocycles. The third-order valence-corrected chi connectivity index (χ3v) is 1.97. The average Bonchev–Trinajstić information content (AvgIpc) is 2.87. The summed E-state index contributed by atoms with van der Waals surface area (Å²) in [5.41, 5.74) is 0.449. The molecule has 84 valence electrons. The van der Waals surface area contributed by atoms with E-state index in [4.69, 9.17) is 5.26 Å². The van der Waals surface area contributed by atoms with Gasteiger partial charge >= 0.3 is 5.97 Å². The number of esters is 1. The number of ether oxygens (including phenoxy) is 1. The van der Waals surface area contributed by atoms with E-state index in [1.807, 2.05) is 6.07 Å². The molecule has 0 aliphatic rings. The van der Waals surface area contributed by atoms with Crippen LogP contribution in [0.1, 0.15) is 16.2 Å². The minimum absolute atomic E-state index is 0.0586. The summed E-state index contributed by atoms with van der Waals surface area (Å²) in [5, 5.41) is 12.6. The van der Waals surface area contributed by atoms with Gasteiger partial charge in [-0.2, -0.15) is 5.26 Å². The second kappa shape index (κ2) is 4.40. The number of carbonyl (C=O) groups excluding carboxylic acids is 1. The summed E-state index contributed by atoms with van der Waals surface area (Å²) in [4.78, 5) is 18.9. The van der Waals surface area contributed by atoms with Crippen LogP contribution in [0, 0.1) is 11.3 Å². The quantitative estimate of drug-likeness (QED) is 0.688. The van der Waals surface area contributed by atoms with E-state index in [9.17, 15) is 4.79 Å². The number of nitrogens with zero attached hydrogens (tertiary/aromatic N) is 5. The molecule has 0 atom stereocenters. The minimum atomic E-state index is -0.625. The first-order valence-corrected chi connectivity index (χ1v) is 4.61. The van der Waals surface area contributed by atoms with Crippen LogP contribution in [0.15, 0.2) is 24.7 Å². The largest absolute Gasteiger partial charge is 0.463 e. The molecule has 17 heavy (non-hydrogen) atoms. The Morgan fingerprint density at radius 3 is 3.06 bits per heavy atom.